The summed E-state index contributed by atoms with van der Waals surface area (Å²) in [7, 11) is -9.93. The van der Waals surface area contributed by atoms with E-state index in [9.17, 15) is 43.2 Å². The van der Waals surface area contributed by atoms with Crippen molar-refractivity contribution < 1.29 is 80.2 Å². The van der Waals surface area contributed by atoms with Crippen molar-refractivity contribution in [2.45, 2.75) is 465 Å². The van der Waals surface area contributed by atoms with Crippen molar-refractivity contribution in [2.75, 3.05) is 39.6 Å². The Bertz CT molecular complexity index is 2010. The molecular formula is C85H166O17P2. The summed E-state index contributed by atoms with van der Waals surface area (Å²) in [6.07, 6.45) is 65.2. The highest BCUT2D eigenvalue weighted by molar-refractivity contribution is 7.47. The van der Waals surface area contributed by atoms with Gasteiger partial charge in [0.2, 0.25) is 0 Å². The van der Waals surface area contributed by atoms with Gasteiger partial charge in [-0.15, -0.1) is 0 Å². The minimum Gasteiger partial charge on any atom is -0.462 e. The third kappa shape index (κ3) is 75.5. The average molecular weight is 1520 g/mol. The molecule has 0 radical (unpaired) electrons. The van der Waals surface area contributed by atoms with Gasteiger partial charge in [0.05, 0.1) is 26.4 Å². The first kappa shape index (κ1) is 102. The number of esters is 4. The molecule has 0 spiro atoms. The molecule has 0 aliphatic carbocycles. The topological polar surface area (TPSA) is 237 Å². The second-order valence-corrected chi connectivity index (χ2v) is 34.4. The molecule has 0 rings (SSSR count). The van der Waals surface area contributed by atoms with Gasteiger partial charge in [-0.05, 0) is 43.4 Å². The van der Waals surface area contributed by atoms with Gasteiger partial charge in [-0.25, -0.2) is 9.13 Å². The van der Waals surface area contributed by atoms with Crippen LogP contribution in [-0.4, -0.2) is 96.7 Å². The highest BCUT2D eigenvalue weighted by atomic mass is 31.2. The summed E-state index contributed by atoms with van der Waals surface area (Å²) < 4.78 is 68.8. The van der Waals surface area contributed by atoms with Crippen LogP contribution in [0.15, 0.2) is 0 Å². The number of aliphatic hydroxyl groups is 1. The maximum absolute atomic E-state index is 13.1. The van der Waals surface area contributed by atoms with Crippen LogP contribution in [0.4, 0.5) is 0 Å². The maximum Gasteiger partial charge on any atom is 0.472 e. The van der Waals surface area contributed by atoms with Gasteiger partial charge in [-0.1, -0.05) is 395 Å². The number of unbranched alkanes of at least 4 members (excludes halogenated alkanes) is 49. The first-order valence-electron chi connectivity index (χ1n) is 43.9. The molecule has 0 heterocycles. The van der Waals surface area contributed by atoms with Gasteiger partial charge in [-0.3, -0.25) is 37.3 Å². The smallest absolute Gasteiger partial charge is 0.462 e. The number of phosphoric ester groups is 2. The zero-order valence-electron chi connectivity index (χ0n) is 68.5. The minimum absolute atomic E-state index is 0.107. The molecule has 0 fully saturated rings. The molecule has 0 saturated heterocycles. The quantitative estimate of drug-likeness (QED) is 0.0222. The van der Waals surface area contributed by atoms with Crippen molar-refractivity contribution in [1.29, 1.82) is 0 Å². The van der Waals surface area contributed by atoms with Crippen molar-refractivity contribution in [3.05, 3.63) is 0 Å². The van der Waals surface area contributed by atoms with Gasteiger partial charge < -0.3 is 33.8 Å². The molecule has 0 saturated carbocycles. The fraction of sp³-hybridized carbons (Fsp3) is 0.953. The summed E-state index contributed by atoms with van der Waals surface area (Å²) >= 11 is 0. The summed E-state index contributed by atoms with van der Waals surface area (Å²) in [6, 6.07) is 0. The SMILES string of the molecule is CCCCCCCCCCCCCCCCCCC(=O)O[C@H](COC(=O)CCCCCCCCC(C)CC)COP(=O)(O)OC[C@H](O)COP(=O)(O)OC[C@@H](COC(=O)CCCCCCCCCCCCCCCC(C)C)OC(=O)CCCCCCCCCCCCCCCCCCCCC(C)CC. The number of hydrogen-bond donors (Lipinski definition) is 3. The summed E-state index contributed by atoms with van der Waals surface area (Å²) in [6.45, 7) is 12.0. The van der Waals surface area contributed by atoms with Crippen LogP contribution in [0, 0.1) is 17.8 Å². The normalized spacial score (nSPS) is 14.4. The fourth-order valence-corrected chi connectivity index (χ4v) is 14.7. The van der Waals surface area contributed by atoms with Crippen LogP contribution in [0.2, 0.25) is 0 Å². The molecule has 0 amide bonds. The molecule has 618 valence electrons. The van der Waals surface area contributed by atoms with Crippen molar-refractivity contribution in [2.24, 2.45) is 17.8 Å². The van der Waals surface area contributed by atoms with E-state index in [0.717, 1.165) is 114 Å². The lowest BCUT2D eigenvalue weighted by molar-refractivity contribution is -0.161. The van der Waals surface area contributed by atoms with Crippen LogP contribution >= 0.6 is 15.6 Å². The lowest BCUT2D eigenvalue weighted by Gasteiger charge is -2.21. The molecule has 0 aromatic heterocycles. The van der Waals surface area contributed by atoms with Crippen molar-refractivity contribution in [3.8, 4) is 0 Å². The van der Waals surface area contributed by atoms with E-state index in [-0.39, 0.29) is 25.7 Å². The zero-order chi connectivity index (χ0) is 76.5. The van der Waals surface area contributed by atoms with E-state index >= 15 is 0 Å². The first-order chi connectivity index (χ1) is 50.3. The Morgan fingerprint density at radius 3 is 0.731 bits per heavy atom. The number of phosphoric acid groups is 2. The molecule has 0 aromatic carbocycles. The minimum atomic E-state index is -4.97. The highest BCUT2D eigenvalue weighted by Gasteiger charge is 2.30. The highest BCUT2D eigenvalue weighted by Crippen LogP contribution is 2.45. The van der Waals surface area contributed by atoms with Gasteiger partial charge in [0.25, 0.3) is 0 Å². The fourth-order valence-electron chi connectivity index (χ4n) is 13.1. The molecule has 104 heavy (non-hydrogen) atoms. The van der Waals surface area contributed by atoms with Crippen LogP contribution in [0.25, 0.3) is 0 Å². The molecular weight excluding hydrogens is 1350 g/mol. The summed E-state index contributed by atoms with van der Waals surface area (Å²) in [5.74, 6) is 0.286. The number of aliphatic hydroxyl groups excluding tert-OH is 1. The van der Waals surface area contributed by atoms with Crippen molar-refractivity contribution >= 4 is 39.5 Å². The van der Waals surface area contributed by atoms with Crippen molar-refractivity contribution in [1.82, 2.24) is 0 Å². The Morgan fingerprint density at radius 1 is 0.279 bits per heavy atom. The third-order valence-electron chi connectivity index (χ3n) is 20.6. The van der Waals surface area contributed by atoms with Gasteiger partial charge >= 0.3 is 39.5 Å². The molecule has 4 unspecified atom stereocenters. The monoisotopic (exact) mass is 1520 g/mol. The van der Waals surface area contributed by atoms with E-state index in [2.05, 4.69) is 48.5 Å². The maximum atomic E-state index is 13.1. The molecule has 19 heteroatoms. The van der Waals surface area contributed by atoms with E-state index in [4.69, 9.17) is 37.0 Å². The Hall–Kier alpha value is -1.94. The second kappa shape index (κ2) is 75.1. The summed E-state index contributed by atoms with van der Waals surface area (Å²) in [5.41, 5.74) is 0. The lowest BCUT2D eigenvalue weighted by Crippen LogP contribution is -2.30. The van der Waals surface area contributed by atoms with Crippen LogP contribution in [0.3, 0.4) is 0 Å². The van der Waals surface area contributed by atoms with E-state index < -0.39 is 97.5 Å². The molecule has 17 nitrogen and oxygen atoms in total. The van der Waals surface area contributed by atoms with E-state index in [1.807, 2.05) is 0 Å². The summed E-state index contributed by atoms with van der Waals surface area (Å²) in [5, 5.41) is 10.7. The van der Waals surface area contributed by atoms with Crippen LogP contribution in [0.1, 0.15) is 447 Å². The Kier molecular flexibility index (Phi) is 73.7. The Morgan fingerprint density at radius 2 is 0.490 bits per heavy atom. The predicted octanol–water partition coefficient (Wildman–Crippen LogP) is 25.7. The largest absolute Gasteiger partial charge is 0.472 e. The predicted molar refractivity (Wildman–Crippen MR) is 428 cm³/mol. The van der Waals surface area contributed by atoms with Crippen molar-refractivity contribution in [3.63, 3.8) is 0 Å². The van der Waals surface area contributed by atoms with E-state index in [0.29, 0.717) is 25.7 Å². The molecule has 0 aromatic rings. The van der Waals surface area contributed by atoms with Crippen LogP contribution in [-0.2, 0) is 65.4 Å². The number of ether oxygens (including phenoxy) is 4. The molecule has 7 atom stereocenters. The number of rotatable bonds is 83. The first-order valence-corrected chi connectivity index (χ1v) is 46.9. The Balaban J connectivity index is 5.23. The van der Waals surface area contributed by atoms with E-state index in [1.54, 1.807) is 0 Å². The molecule has 0 aliphatic rings. The van der Waals surface area contributed by atoms with Crippen LogP contribution in [0.5, 0.6) is 0 Å². The van der Waals surface area contributed by atoms with Gasteiger partial charge in [0, 0.05) is 25.7 Å². The van der Waals surface area contributed by atoms with Gasteiger partial charge in [0.15, 0.2) is 12.2 Å². The molecule has 3 N–H and O–H groups in total. The standard InChI is InChI=1S/C85H166O17P2/c1-8-11-12-13-14-15-16-17-18-24-29-35-40-45-54-61-69-85(90)102-81(73-96-83(88)67-60-53-48-47-51-58-65-78(7)10-3)75-100-104(93,94)98-71-79(86)70-97-103(91,92)99-74-80(72-95-82(87)66-59-52-44-39-34-31-26-27-32-37-42-49-56-63-76(4)5)101-84(89)68-62-55-46-41-36-30-25-22-20-19-21-23-28-33-38-43-50-57-64-77(6)9-2/h76-81,86H,8-75H2,1-7H3,(H,91,92)(H,93,94)/t77?,78?,79-,80-,81-/m1/s1. The lowest BCUT2D eigenvalue weighted by atomic mass is 9.99. The second-order valence-electron chi connectivity index (χ2n) is 31.5. The average Bonchev–Trinajstić information content (AvgIpc) is 0.917. The zero-order valence-corrected chi connectivity index (χ0v) is 70.3. The molecule has 0 aliphatic heterocycles. The number of hydrogen-bond acceptors (Lipinski definition) is 15. The number of carbonyl (C=O) groups is 4. The van der Waals surface area contributed by atoms with Gasteiger partial charge in [-0.2, -0.15) is 0 Å². The summed E-state index contributed by atoms with van der Waals surface area (Å²) in [4.78, 5) is 73.2. The van der Waals surface area contributed by atoms with E-state index in [1.165, 1.54) is 250 Å². The molecule has 0 bridgehead atoms. The third-order valence-corrected chi connectivity index (χ3v) is 22.5. The van der Waals surface area contributed by atoms with Crippen LogP contribution < -0.4 is 0 Å². The van der Waals surface area contributed by atoms with Gasteiger partial charge in [0.1, 0.15) is 19.3 Å². The number of carbonyl (C=O) groups excluding carboxylic acids is 4. The Labute approximate surface area is 638 Å².